The molecule has 1 amide bonds. The summed E-state index contributed by atoms with van der Waals surface area (Å²) in [5.41, 5.74) is 9.87. The molecule has 0 aliphatic carbocycles. The highest BCUT2D eigenvalue weighted by molar-refractivity contribution is 8.23. The Labute approximate surface area is 175 Å². The number of rotatable bonds is 6. The highest BCUT2D eigenvalue weighted by atomic mass is 32.2. The van der Waals surface area contributed by atoms with Gasteiger partial charge in [0.2, 0.25) is 5.91 Å². The zero-order valence-electron chi connectivity index (χ0n) is 14.9. The van der Waals surface area contributed by atoms with Gasteiger partial charge in [-0.05, 0) is 28.8 Å². The van der Waals surface area contributed by atoms with Crippen molar-refractivity contribution in [3.8, 4) is 0 Å². The average molecular weight is 429 g/mol. The molecule has 1 aliphatic heterocycles. The molecule has 1 fully saturated rings. The molecule has 1 aliphatic rings. The maximum Gasteiger partial charge on any atom is 0.269 e. The number of nitro groups is 1. The minimum absolute atomic E-state index is 0.158. The first-order valence-electron chi connectivity index (χ1n) is 8.45. The van der Waals surface area contributed by atoms with Crippen LogP contribution in [0.15, 0.2) is 59.7 Å². The van der Waals surface area contributed by atoms with E-state index in [4.69, 9.17) is 17.7 Å². The lowest BCUT2D eigenvalue weighted by molar-refractivity contribution is -0.384. The molecule has 1 saturated heterocycles. The van der Waals surface area contributed by atoms with Crippen molar-refractivity contribution in [3.63, 3.8) is 0 Å². The minimum Gasteiger partial charge on any atom is -0.387 e. The van der Waals surface area contributed by atoms with Gasteiger partial charge in [0.25, 0.3) is 5.69 Å². The molecular weight excluding hydrogens is 414 g/mol. The standard InChI is InChI=1S/C18H15N5O4S2/c19-21-20-15(16(24)12-6-8-13(9-7-12)23(26)27)17(25)22-14(10-29-18(22)28)11-4-2-1-3-5-11/h1-9,14-16,24H,10H2/t14-,15+,16-/m0/s1. The summed E-state index contributed by atoms with van der Waals surface area (Å²) in [5.74, 6) is -0.0805. The number of carbonyl (C=O) groups excluding carboxylic acids is 1. The van der Waals surface area contributed by atoms with Crippen LogP contribution >= 0.6 is 24.0 Å². The van der Waals surface area contributed by atoms with Gasteiger partial charge in [0.05, 0.1) is 17.1 Å². The number of hydrogen-bond acceptors (Lipinski definition) is 7. The number of amides is 1. The first kappa shape index (κ1) is 20.7. The molecule has 0 aromatic heterocycles. The van der Waals surface area contributed by atoms with Crippen LogP contribution in [-0.2, 0) is 4.79 Å². The SMILES string of the molecule is [N-]=[N+]=N[C@@H](C(=O)N1C(=S)SC[C@H]1c1ccccc1)[C@@H](O)c1ccc([N+](=O)[O-])cc1. The third kappa shape index (κ3) is 4.38. The zero-order valence-corrected chi connectivity index (χ0v) is 16.5. The summed E-state index contributed by atoms with van der Waals surface area (Å²) in [6, 6.07) is 12.5. The normalized spacial score (nSPS) is 18.0. The van der Waals surface area contributed by atoms with E-state index in [1.165, 1.54) is 40.9 Å². The van der Waals surface area contributed by atoms with E-state index in [1.807, 2.05) is 30.3 Å². The Morgan fingerprint density at radius 2 is 1.97 bits per heavy atom. The maximum atomic E-state index is 13.2. The number of thiocarbonyl (C=S) groups is 1. The first-order valence-corrected chi connectivity index (χ1v) is 9.85. The zero-order chi connectivity index (χ0) is 21.0. The number of nitrogens with zero attached hydrogens (tertiary/aromatic N) is 5. The molecule has 1 heterocycles. The predicted octanol–water partition coefficient (Wildman–Crippen LogP) is 3.91. The van der Waals surface area contributed by atoms with Crippen molar-refractivity contribution in [2.24, 2.45) is 5.11 Å². The van der Waals surface area contributed by atoms with Gasteiger partial charge in [0.15, 0.2) is 0 Å². The number of benzene rings is 2. The summed E-state index contributed by atoms with van der Waals surface area (Å²) >= 11 is 6.65. The van der Waals surface area contributed by atoms with Crippen molar-refractivity contribution in [1.82, 2.24) is 4.90 Å². The van der Waals surface area contributed by atoms with Crippen LogP contribution in [0.5, 0.6) is 0 Å². The fourth-order valence-corrected chi connectivity index (χ4v) is 4.43. The van der Waals surface area contributed by atoms with Crippen molar-refractivity contribution in [3.05, 3.63) is 86.3 Å². The Morgan fingerprint density at radius 1 is 1.31 bits per heavy atom. The lowest BCUT2D eigenvalue weighted by Gasteiger charge is -2.28. The molecule has 2 aromatic rings. The highest BCUT2D eigenvalue weighted by Gasteiger charge is 2.40. The van der Waals surface area contributed by atoms with Gasteiger partial charge in [0.1, 0.15) is 10.4 Å². The van der Waals surface area contributed by atoms with Crippen molar-refractivity contribution in [2.45, 2.75) is 18.2 Å². The second-order valence-corrected chi connectivity index (χ2v) is 7.81. The number of carbonyl (C=O) groups is 1. The molecule has 1 N–H and O–H groups in total. The Bertz CT molecular complexity index is 980. The monoisotopic (exact) mass is 429 g/mol. The van der Waals surface area contributed by atoms with Crippen LogP contribution in [0.1, 0.15) is 23.3 Å². The average Bonchev–Trinajstić information content (AvgIpc) is 3.13. The molecule has 3 atom stereocenters. The number of nitro benzene ring substituents is 1. The second-order valence-electron chi connectivity index (χ2n) is 6.15. The molecule has 0 unspecified atom stereocenters. The molecule has 0 bridgehead atoms. The molecule has 2 aromatic carbocycles. The van der Waals surface area contributed by atoms with E-state index in [0.717, 1.165) is 5.56 Å². The van der Waals surface area contributed by atoms with Gasteiger partial charge in [-0.2, -0.15) is 0 Å². The Balaban J connectivity index is 1.91. The number of non-ortho nitro benzene ring substituents is 1. The summed E-state index contributed by atoms with van der Waals surface area (Å²) in [7, 11) is 0. The van der Waals surface area contributed by atoms with Gasteiger partial charge >= 0.3 is 0 Å². The van der Waals surface area contributed by atoms with E-state index in [0.29, 0.717) is 10.1 Å². The molecule has 29 heavy (non-hydrogen) atoms. The smallest absolute Gasteiger partial charge is 0.269 e. The molecular formula is C18H15N5O4S2. The lowest BCUT2D eigenvalue weighted by Crippen LogP contribution is -2.42. The Kier molecular flexibility index (Phi) is 6.45. The Hall–Kier alpha value is -2.98. The highest BCUT2D eigenvalue weighted by Crippen LogP contribution is 2.37. The third-order valence-corrected chi connectivity index (χ3v) is 5.94. The second kappa shape index (κ2) is 9.01. The minimum atomic E-state index is -1.48. The molecule has 3 rings (SSSR count). The van der Waals surface area contributed by atoms with Crippen molar-refractivity contribution < 1.29 is 14.8 Å². The van der Waals surface area contributed by atoms with Crippen molar-refractivity contribution in [2.75, 3.05) is 5.75 Å². The van der Waals surface area contributed by atoms with E-state index < -0.39 is 23.0 Å². The molecule has 9 nitrogen and oxygen atoms in total. The number of hydrogen-bond donors (Lipinski definition) is 1. The third-order valence-electron chi connectivity index (χ3n) is 4.47. The molecule has 0 saturated carbocycles. The van der Waals surface area contributed by atoms with Crippen LogP contribution < -0.4 is 0 Å². The van der Waals surface area contributed by atoms with E-state index in [9.17, 15) is 20.0 Å². The van der Waals surface area contributed by atoms with Gasteiger partial charge in [-0.25, -0.2) is 0 Å². The van der Waals surface area contributed by atoms with Crippen LogP contribution in [0, 0.1) is 10.1 Å². The molecule has 0 spiro atoms. The summed E-state index contributed by atoms with van der Waals surface area (Å²) in [6.45, 7) is 0. The van der Waals surface area contributed by atoms with Gasteiger partial charge in [-0.3, -0.25) is 19.8 Å². The lowest BCUT2D eigenvalue weighted by atomic mass is 10.00. The Morgan fingerprint density at radius 3 is 2.55 bits per heavy atom. The topological polar surface area (TPSA) is 132 Å². The van der Waals surface area contributed by atoms with E-state index in [-0.39, 0.29) is 17.3 Å². The number of azide groups is 1. The number of thioether (sulfide) groups is 1. The van der Waals surface area contributed by atoms with E-state index >= 15 is 0 Å². The first-order chi connectivity index (χ1) is 13.9. The van der Waals surface area contributed by atoms with Gasteiger partial charge < -0.3 is 5.11 Å². The predicted molar refractivity (Wildman–Crippen MR) is 112 cm³/mol. The van der Waals surface area contributed by atoms with Crippen LogP contribution in [0.4, 0.5) is 5.69 Å². The summed E-state index contributed by atoms with van der Waals surface area (Å²) in [5, 5.41) is 25.0. The number of aliphatic hydroxyl groups excluding tert-OH is 1. The fraction of sp³-hybridized carbons (Fsp3) is 0.222. The maximum absolute atomic E-state index is 13.2. The van der Waals surface area contributed by atoms with Crippen molar-refractivity contribution in [1.29, 1.82) is 0 Å². The van der Waals surface area contributed by atoms with E-state index in [1.54, 1.807) is 0 Å². The van der Waals surface area contributed by atoms with Crippen LogP contribution in [0.25, 0.3) is 10.4 Å². The quantitative estimate of drug-likeness (QED) is 0.185. The van der Waals surface area contributed by atoms with Crippen LogP contribution in [0.2, 0.25) is 0 Å². The van der Waals surface area contributed by atoms with Crippen LogP contribution in [-0.4, -0.2) is 37.0 Å². The van der Waals surface area contributed by atoms with Gasteiger partial charge in [-0.1, -0.05) is 59.4 Å². The summed E-state index contributed by atoms with van der Waals surface area (Å²) in [4.78, 5) is 27.5. The summed E-state index contributed by atoms with van der Waals surface area (Å²) < 4.78 is 0.331. The number of aliphatic hydroxyl groups is 1. The van der Waals surface area contributed by atoms with Crippen molar-refractivity contribution >= 4 is 39.9 Å². The van der Waals surface area contributed by atoms with Crippen LogP contribution in [0.3, 0.4) is 0 Å². The van der Waals surface area contributed by atoms with Gasteiger partial charge in [0, 0.05) is 22.8 Å². The van der Waals surface area contributed by atoms with E-state index in [2.05, 4.69) is 10.0 Å². The largest absolute Gasteiger partial charge is 0.387 e. The molecule has 0 radical (unpaired) electrons. The molecule has 148 valence electrons. The molecule has 11 heteroatoms. The fourth-order valence-electron chi connectivity index (χ4n) is 3.01. The summed E-state index contributed by atoms with van der Waals surface area (Å²) in [6.07, 6.45) is -1.48. The van der Waals surface area contributed by atoms with Gasteiger partial charge in [-0.15, -0.1) is 0 Å².